The fraction of sp³-hybridized carbons (Fsp3) is 0.562. The number of anilines is 1. The second-order valence-corrected chi connectivity index (χ2v) is 6.97. The molecule has 3 nitrogen and oxygen atoms in total. The molecule has 1 saturated heterocycles. The molecule has 4 heteroatoms. The van der Waals surface area contributed by atoms with E-state index in [1.165, 1.54) is 0 Å². The molecule has 1 heterocycles. The highest BCUT2D eigenvalue weighted by atomic mass is 35.5. The van der Waals surface area contributed by atoms with E-state index in [1.807, 2.05) is 12.1 Å². The number of halogens is 1. The lowest BCUT2D eigenvalue weighted by Gasteiger charge is -2.31. The van der Waals surface area contributed by atoms with Crippen molar-refractivity contribution in [3.05, 3.63) is 29.3 Å². The van der Waals surface area contributed by atoms with Crippen LogP contribution >= 0.6 is 11.6 Å². The first kappa shape index (κ1) is 15.3. The molecule has 1 amide bonds. The molecule has 2 rings (SSSR count). The molecule has 20 heavy (non-hydrogen) atoms. The summed E-state index contributed by atoms with van der Waals surface area (Å²) < 4.78 is 0. The van der Waals surface area contributed by atoms with Crippen molar-refractivity contribution >= 4 is 23.2 Å². The third-order valence-corrected chi connectivity index (χ3v) is 4.09. The first-order valence-electron chi connectivity index (χ1n) is 7.15. The Bertz CT molecular complexity index is 464. The predicted octanol–water partition coefficient (Wildman–Crippen LogP) is 3.79. The number of benzene rings is 1. The number of hydrogen-bond donors (Lipinski definition) is 1. The summed E-state index contributed by atoms with van der Waals surface area (Å²) >= 11 is 5.83. The molecule has 1 aromatic carbocycles. The quantitative estimate of drug-likeness (QED) is 0.920. The Morgan fingerprint density at radius 3 is 2.55 bits per heavy atom. The van der Waals surface area contributed by atoms with Crippen LogP contribution in [0, 0.1) is 5.92 Å². The highest BCUT2D eigenvalue weighted by Crippen LogP contribution is 2.26. The van der Waals surface area contributed by atoms with Gasteiger partial charge in [-0.15, -0.1) is 0 Å². The number of carbonyl (C=O) groups excluding carboxylic acids is 1. The zero-order valence-electron chi connectivity index (χ0n) is 12.4. The van der Waals surface area contributed by atoms with E-state index in [0.717, 1.165) is 25.2 Å². The molecule has 110 valence electrons. The average Bonchev–Trinajstić information content (AvgIpc) is 2.80. The van der Waals surface area contributed by atoms with Gasteiger partial charge in [0, 0.05) is 29.2 Å². The van der Waals surface area contributed by atoms with Crippen LogP contribution in [0.1, 0.15) is 33.6 Å². The van der Waals surface area contributed by atoms with Crippen molar-refractivity contribution in [2.45, 2.75) is 39.2 Å². The molecule has 1 fully saturated rings. The lowest BCUT2D eigenvalue weighted by Crippen LogP contribution is -2.39. The molecule has 0 bridgehead atoms. The summed E-state index contributed by atoms with van der Waals surface area (Å²) in [7, 11) is 0. The van der Waals surface area contributed by atoms with Gasteiger partial charge in [-0.3, -0.25) is 9.69 Å². The van der Waals surface area contributed by atoms with Crippen molar-refractivity contribution in [1.29, 1.82) is 0 Å². The van der Waals surface area contributed by atoms with Crippen LogP contribution in [0.25, 0.3) is 0 Å². The standard InChI is InChI=1S/C16H23ClN2O/c1-16(2,3)19-9-8-12(11-19)10-15(20)18-14-6-4-13(17)5-7-14/h4-7,12H,8-11H2,1-3H3,(H,18,20). The van der Waals surface area contributed by atoms with Gasteiger partial charge < -0.3 is 5.32 Å². The molecule has 1 N–H and O–H groups in total. The van der Waals surface area contributed by atoms with Gasteiger partial charge in [-0.25, -0.2) is 0 Å². The molecule has 0 spiro atoms. The zero-order valence-corrected chi connectivity index (χ0v) is 13.2. The minimum absolute atomic E-state index is 0.0908. The summed E-state index contributed by atoms with van der Waals surface area (Å²) in [6, 6.07) is 7.23. The first-order valence-corrected chi connectivity index (χ1v) is 7.53. The van der Waals surface area contributed by atoms with Crippen molar-refractivity contribution in [2.24, 2.45) is 5.92 Å². The molecule has 0 aromatic heterocycles. The smallest absolute Gasteiger partial charge is 0.224 e. The molecule has 1 unspecified atom stereocenters. The average molecular weight is 295 g/mol. The Labute approximate surface area is 126 Å². The van der Waals surface area contributed by atoms with Crippen LogP contribution in [0.15, 0.2) is 24.3 Å². The van der Waals surface area contributed by atoms with Crippen LogP contribution in [0.5, 0.6) is 0 Å². The van der Waals surface area contributed by atoms with Crippen molar-refractivity contribution < 1.29 is 4.79 Å². The summed E-state index contributed by atoms with van der Waals surface area (Å²) in [6.45, 7) is 8.77. The molecule has 1 aliphatic rings. The van der Waals surface area contributed by atoms with E-state index in [9.17, 15) is 4.79 Å². The lowest BCUT2D eigenvalue weighted by molar-refractivity contribution is -0.117. The van der Waals surface area contributed by atoms with Crippen molar-refractivity contribution in [3.8, 4) is 0 Å². The Kier molecular flexibility index (Phi) is 4.71. The van der Waals surface area contributed by atoms with Gasteiger partial charge in [-0.1, -0.05) is 11.6 Å². The highest BCUT2D eigenvalue weighted by Gasteiger charge is 2.31. The van der Waals surface area contributed by atoms with Crippen LogP contribution in [-0.4, -0.2) is 29.4 Å². The van der Waals surface area contributed by atoms with E-state index >= 15 is 0 Å². The molecule has 1 aromatic rings. The first-order chi connectivity index (χ1) is 9.34. The van der Waals surface area contributed by atoms with E-state index in [-0.39, 0.29) is 11.4 Å². The fourth-order valence-corrected chi connectivity index (χ4v) is 2.74. The Balaban J connectivity index is 1.82. The van der Waals surface area contributed by atoms with Crippen LogP contribution in [0.2, 0.25) is 5.02 Å². The number of hydrogen-bond acceptors (Lipinski definition) is 2. The predicted molar refractivity (Wildman–Crippen MR) is 84.1 cm³/mol. The lowest BCUT2D eigenvalue weighted by atomic mass is 10.0. The van der Waals surface area contributed by atoms with E-state index in [0.29, 0.717) is 17.4 Å². The topological polar surface area (TPSA) is 32.3 Å². The number of rotatable bonds is 3. The molecule has 0 radical (unpaired) electrons. The summed E-state index contributed by atoms with van der Waals surface area (Å²) in [4.78, 5) is 14.5. The molecule has 1 aliphatic heterocycles. The van der Waals surface area contributed by atoms with Gasteiger partial charge in [0.2, 0.25) is 5.91 Å². The van der Waals surface area contributed by atoms with Gasteiger partial charge in [0.15, 0.2) is 0 Å². The monoisotopic (exact) mass is 294 g/mol. The fourth-order valence-electron chi connectivity index (χ4n) is 2.62. The second-order valence-electron chi connectivity index (χ2n) is 6.53. The van der Waals surface area contributed by atoms with Crippen molar-refractivity contribution in [1.82, 2.24) is 4.90 Å². The van der Waals surface area contributed by atoms with E-state index in [4.69, 9.17) is 11.6 Å². The second kappa shape index (κ2) is 6.15. The van der Waals surface area contributed by atoms with Gasteiger partial charge in [0.25, 0.3) is 0 Å². The summed E-state index contributed by atoms with van der Waals surface area (Å²) in [5.41, 5.74) is 1.01. The van der Waals surface area contributed by atoms with Gasteiger partial charge in [0.05, 0.1) is 0 Å². The van der Waals surface area contributed by atoms with Crippen molar-refractivity contribution in [2.75, 3.05) is 18.4 Å². The van der Waals surface area contributed by atoms with E-state index in [2.05, 4.69) is 31.0 Å². The van der Waals surface area contributed by atoms with E-state index in [1.54, 1.807) is 12.1 Å². The minimum atomic E-state index is 0.0908. The van der Waals surface area contributed by atoms with E-state index < -0.39 is 0 Å². The Morgan fingerprint density at radius 1 is 1.35 bits per heavy atom. The maximum atomic E-state index is 12.0. The third kappa shape index (κ3) is 4.22. The van der Waals surface area contributed by atoms with Crippen molar-refractivity contribution in [3.63, 3.8) is 0 Å². The van der Waals surface area contributed by atoms with Crippen LogP contribution in [-0.2, 0) is 4.79 Å². The minimum Gasteiger partial charge on any atom is -0.326 e. The zero-order chi connectivity index (χ0) is 14.8. The van der Waals surface area contributed by atoms with Crippen LogP contribution in [0.3, 0.4) is 0 Å². The number of amides is 1. The number of nitrogens with zero attached hydrogens (tertiary/aromatic N) is 1. The maximum absolute atomic E-state index is 12.0. The number of nitrogens with one attached hydrogen (secondary N) is 1. The Hall–Kier alpha value is -1.06. The molecule has 0 saturated carbocycles. The van der Waals surface area contributed by atoms with Crippen LogP contribution in [0.4, 0.5) is 5.69 Å². The van der Waals surface area contributed by atoms with Gasteiger partial charge in [0.1, 0.15) is 0 Å². The summed E-state index contributed by atoms with van der Waals surface area (Å²) in [6.07, 6.45) is 1.69. The van der Waals surface area contributed by atoms with Crippen LogP contribution < -0.4 is 5.32 Å². The van der Waals surface area contributed by atoms with Gasteiger partial charge in [-0.2, -0.15) is 0 Å². The third-order valence-electron chi connectivity index (χ3n) is 3.84. The highest BCUT2D eigenvalue weighted by molar-refractivity contribution is 6.30. The molecular weight excluding hydrogens is 272 g/mol. The molecule has 0 aliphatic carbocycles. The Morgan fingerprint density at radius 2 is 2.00 bits per heavy atom. The largest absolute Gasteiger partial charge is 0.326 e. The van der Waals surface area contributed by atoms with Gasteiger partial charge >= 0.3 is 0 Å². The summed E-state index contributed by atoms with van der Waals surface area (Å²) in [5, 5.41) is 3.61. The molecular formula is C16H23ClN2O. The molecule has 1 atom stereocenters. The maximum Gasteiger partial charge on any atom is 0.224 e. The SMILES string of the molecule is CC(C)(C)N1CCC(CC(=O)Nc2ccc(Cl)cc2)C1. The van der Waals surface area contributed by atoms with Gasteiger partial charge in [-0.05, 0) is 63.9 Å². The number of carbonyl (C=O) groups is 1. The summed E-state index contributed by atoms with van der Waals surface area (Å²) in [5.74, 6) is 0.551. The number of likely N-dealkylation sites (tertiary alicyclic amines) is 1. The normalized spacial score (nSPS) is 20.1.